The zero-order valence-corrected chi connectivity index (χ0v) is 14.8. The molecule has 3 aromatic rings. The lowest BCUT2D eigenvalue weighted by molar-refractivity contribution is 0.0941. The summed E-state index contributed by atoms with van der Waals surface area (Å²) in [5.74, 6) is 1.70. The smallest absolute Gasteiger partial charge is 0.252 e. The van der Waals surface area contributed by atoms with Crippen LogP contribution in [0.4, 0.5) is 0 Å². The number of aromatic nitrogens is 3. The molecule has 3 rings (SSSR count). The van der Waals surface area contributed by atoms with E-state index in [1.165, 1.54) is 0 Å². The van der Waals surface area contributed by atoms with Crippen LogP contribution in [0, 0.1) is 0 Å². The van der Waals surface area contributed by atoms with Crippen molar-refractivity contribution < 1.29 is 14.3 Å². The molecule has 134 valence electrons. The van der Waals surface area contributed by atoms with Gasteiger partial charge in [0.1, 0.15) is 11.9 Å². The predicted molar refractivity (Wildman–Crippen MR) is 96.3 cm³/mol. The lowest BCUT2D eigenvalue weighted by Gasteiger charge is -2.20. The molecule has 2 heterocycles. The highest BCUT2D eigenvalue weighted by molar-refractivity contribution is 5.94. The standard InChI is InChI=1S/C19H20N4O3/c1-23-11-10-21-18(23)17(22-19(24)13-6-8-20-9-7-13)14-4-5-15(25-2)16(12-14)26-3/h4-12,17H,1-3H3,(H,22,24)/t17-/m0/s1. The third-order valence-corrected chi connectivity index (χ3v) is 4.08. The van der Waals surface area contributed by atoms with Gasteiger partial charge in [-0.25, -0.2) is 4.98 Å². The third-order valence-electron chi connectivity index (χ3n) is 4.08. The molecule has 0 aliphatic heterocycles. The Kier molecular flexibility index (Phi) is 5.17. The molecule has 0 fully saturated rings. The highest BCUT2D eigenvalue weighted by Gasteiger charge is 2.22. The van der Waals surface area contributed by atoms with Crippen LogP contribution in [0.25, 0.3) is 0 Å². The molecule has 1 amide bonds. The second-order valence-corrected chi connectivity index (χ2v) is 5.65. The normalized spacial score (nSPS) is 11.7. The van der Waals surface area contributed by atoms with Crippen LogP contribution in [0.15, 0.2) is 55.1 Å². The molecule has 1 atom stereocenters. The molecule has 1 N–H and O–H groups in total. The van der Waals surface area contributed by atoms with Crippen molar-refractivity contribution in [3.05, 3.63) is 72.1 Å². The number of ether oxygens (including phenoxy) is 2. The summed E-state index contributed by atoms with van der Waals surface area (Å²) in [4.78, 5) is 21.0. The van der Waals surface area contributed by atoms with Gasteiger partial charge in [-0.1, -0.05) is 6.07 Å². The van der Waals surface area contributed by atoms with Gasteiger partial charge < -0.3 is 19.4 Å². The van der Waals surface area contributed by atoms with Crippen LogP contribution in [0.3, 0.4) is 0 Å². The van der Waals surface area contributed by atoms with E-state index in [1.807, 2.05) is 36.0 Å². The Morgan fingerprint density at radius 3 is 2.42 bits per heavy atom. The number of hydrogen-bond acceptors (Lipinski definition) is 5. The Morgan fingerprint density at radius 2 is 1.81 bits per heavy atom. The molecule has 0 aliphatic carbocycles. The van der Waals surface area contributed by atoms with Gasteiger partial charge in [0.25, 0.3) is 5.91 Å². The van der Waals surface area contributed by atoms with Crippen LogP contribution in [0.1, 0.15) is 27.8 Å². The number of carbonyl (C=O) groups is 1. The summed E-state index contributed by atoms with van der Waals surface area (Å²) < 4.78 is 12.6. The number of imidazole rings is 1. The van der Waals surface area contributed by atoms with Gasteiger partial charge in [0, 0.05) is 37.4 Å². The molecular weight excluding hydrogens is 332 g/mol. The number of hydrogen-bond donors (Lipinski definition) is 1. The van der Waals surface area contributed by atoms with Gasteiger partial charge in [-0.2, -0.15) is 0 Å². The number of methoxy groups -OCH3 is 2. The summed E-state index contributed by atoms with van der Waals surface area (Å²) in [5, 5.41) is 3.04. The average Bonchev–Trinajstić information content (AvgIpc) is 3.11. The first-order valence-corrected chi connectivity index (χ1v) is 8.04. The Morgan fingerprint density at radius 1 is 1.08 bits per heavy atom. The van der Waals surface area contributed by atoms with Gasteiger partial charge in [-0.05, 0) is 29.8 Å². The molecule has 0 spiro atoms. The van der Waals surface area contributed by atoms with Gasteiger partial charge in [0.15, 0.2) is 11.5 Å². The molecule has 0 aliphatic rings. The number of benzene rings is 1. The lowest BCUT2D eigenvalue weighted by Crippen LogP contribution is -2.31. The maximum absolute atomic E-state index is 12.7. The largest absolute Gasteiger partial charge is 0.493 e. The number of nitrogens with one attached hydrogen (secondary N) is 1. The molecule has 0 saturated heterocycles. The molecule has 0 saturated carbocycles. The van der Waals surface area contributed by atoms with Crippen molar-refractivity contribution in [2.75, 3.05) is 14.2 Å². The number of pyridine rings is 1. The predicted octanol–water partition coefficient (Wildman–Crippen LogP) is 2.35. The van der Waals surface area contributed by atoms with Gasteiger partial charge in [0.2, 0.25) is 0 Å². The fourth-order valence-electron chi connectivity index (χ4n) is 2.70. The van der Waals surface area contributed by atoms with E-state index in [0.717, 1.165) is 5.56 Å². The van der Waals surface area contributed by atoms with Crippen LogP contribution in [0.2, 0.25) is 0 Å². The summed E-state index contributed by atoms with van der Waals surface area (Å²) in [7, 11) is 5.04. The van der Waals surface area contributed by atoms with Crippen LogP contribution >= 0.6 is 0 Å². The molecule has 7 heteroatoms. The van der Waals surface area contributed by atoms with Crippen molar-refractivity contribution in [2.24, 2.45) is 7.05 Å². The minimum atomic E-state index is -0.449. The molecule has 26 heavy (non-hydrogen) atoms. The summed E-state index contributed by atoms with van der Waals surface area (Å²) in [6.45, 7) is 0. The van der Waals surface area contributed by atoms with E-state index >= 15 is 0 Å². The Labute approximate surface area is 151 Å². The molecule has 7 nitrogen and oxygen atoms in total. The van der Waals surface area contributed by atoms with E-state index in [2.05, 4.69) is 15.3 Å². The summed E-state index contributed by atoms with van der Waals surface area (Å²) in [6, 6.07) is 8.41. The fourth-order valence-corrected chi connectivity index (χ4v) is 2.70. The van der Waals surface area contributed by atoms with Crippen molar-refractivity contribution in [1.29, 1.82) is 0 Å². The van der Waals surface area contributed by atoms with Crippen LogP contribution in [0.5, 0.6) is 11.5 Å². The zero-order valence-electron chi connectivity index (χ0n) is 14.8. The molecule has 0 radical (unpaired) electrons. The first-order chi connectivity index (χ1) is 12.6. The topological polar surface area (TPSA) is 78.3 Å². The molecular formula is C19H20N4O3. The number of nitrogens with zero attached hydrogens (tertiary/aromatic N) is 3. The number of rotatable bonds is 6. The Bertz CT molecular complexity index is 893. The average molecular weight is 352 g/mol. The van der Waals surface area contributed by atoms with Crippen molar-refractivity contribution in [2.45, 2.75) is 6.04 Å². The second kappa shape index (κ2) is 7.69. The molecule has 2 aromatic heterocycles. The minimum Gasteiger partial charge on any atom is -0.493 e. The van der Waals surface area contributed by atoms with Gasteiger partial charge in [-0.15, -0.1) is 0 Å². The van der Waals surface area contributed by atoms with Crippen molar-refractivity contribution in [3.8, 4) is 11.5 Å². The van der Waals surface area contributed by atoms with Crippen LogP contribution in [-0.4, -0.2) is 34.7 Å². The summed E-state index contributed by atoms with van der Waals surface area (Å²) in [6.07, 6.45) is 6.70. The SMILES string of the molecule is COc1ccc([C@H](NC(=O)c2ccncc2)c2nccn2C)cc1OC. The third kappa shape index (κ3) is 3.51. The Balaban J connectivity index is 1.99. The first kappa shape index (κ1) is 17.5. The van der Waals surface area contributed by atoms with Crippen molar-refractivity contribution in [1.82, 2.24) is 19.9 Å². The van der Waals surface area contributed by atoms with Crippen molar-refractivity contribution >= 4 is 5.91 Å². The lowest BCUT2D eigenvalue weighted by atomic mass is 10.0. The van der Waals surface area contributed by atoms with Gasteiger partial charge >= 0.3 is 0 Å². The zero-order chi connectivity index (χ0) is 18.5. The maximum atomic E-state index is 12.7. The highest BCUT2D eigenvalue weighted by atomic mass is 16.5. The number of carbonyl (C=O) groups excluding carboxylic acids is 1. The molecule has 0 unspecified atom stereocenters. The molecule has 1 aromatic carbocycles. The fraction of sp³-hybridized carbons (Fsp3) is 0.211. The minimum absolute atomic E-state index is 0.213. The van der Waals surface area contributed by atoms with E-state index in [0.29, 0.717) is 22.9 Å². The van der Waals surface area contributed by atoms with Crippen LogP contribution in [-0.2, 0) is 7.05 Å². The second-order valence-electron chi connectivity index (χ2n) is 5.65. The van der Waals surface area contributed by atoms with E-state index in [9.17, 15) is 4.79 Å². The maximum Gasteiger partial charge on any atom is 0.252 e. The number of amides is 1. The number of aryl methyl sites for hydroxylation is 1. The summed E-state index contributed by atoms with van der Waals surface area (Å²) >= 11 is 0. The quantitative estimate of drug-likeness (QED) is 0.737. The monoisotopic (exact) mass is 352 g/mol. The van der Waals surface area contributed by atoms with Crippen LogP contribution < -0.4 is 14.8 Å². The first-order valence-electron chi connectivity index (χ1n) is 8.04. The molecule has 0 bridgehead atoms. The van der Waals surface area contributed by atoms with Gasteiger partial charge in [0.05, 0.1) is 14.2 Å². The van der Waals surface area contributed by atoms with Crippen molar-refractivity contribution in [3.63, 3.8) is 0 Å². The van der Waals surface area contributed by atoms with E-state index in [1.54, 1.807) is 44.9 Å². The van der Waals surface area contributed by atoms with E-state index < -0.39 is 6.04 Å². The summed E-state index contributed by atoms with van der Waals surface area (Å²) in [5.41, 5.74) is 1.36. The Hall–Kier alpha value is -3.35. The van der Waals surface area contributed by atoms with E-state index in [-0.39, 0.29) is 5.91 Å². The van der Waals surface area contributed by atoms with E-state index in [4.69, 9.17) is 9.47 Å². The van der Waals surface area contributed by atoms with Gasteiger partial charge in [-0.3, -0.25) is 9.78 Å². The highest BCUT2D eigenvalue weighted by Crippen LogP contribution is 2.32.